The van der Waals surface area contributed by atoms with Crippen molar-refractivity contribution in [2.45, 2.75) is 13.1 Å². The van der Waals surface area contributed by atoms with Gasteiger partial charge in [-0.3, -0.25) is 9.36 Å². The van der Waals surface area contributed by atoms with Crippen LogP contribution in [0, 0.1) is 0 Å². The van der Waals surface area contributed by atoms with Gasteiger partial charge in [-0.15, -0.1) is 0 Å². The van der Waals surface area contributed by atoms with Gasteiger partial charge in [0.2, 0.25) is 0 Å². The number of rotatable bonds is 5. The van der Waals surface area contributed by atoms with E-state index in [1.807, 2.05) is 0 Å². The van der Waals surface area contributed by atoms with Gasteiger partial charge >= 0.3 is 0 Å². The first-order valence-electron chi connectivity index (χ1n) is 5.28. The van der Waals surface area contributed by atoms with Crippen molar-refractivity contribution in [3.63, 3.8) is 0 Å². The molecule has 17 heavy (non-hydrogen) atoms. The van der Waals surface area contributed by atoms with E-state index in [0.29, 0.717) is 30.7 Å². The monoisotopic (exact) mass is 238 g/mol. The summed E-state index contributed by atoms with van der Waals surface area (Å²) >= 11 is 0. The second-order valence-electron chi connectivity index (χ2n) is 3.56. The molecule has 0 unspecified atom stereocenters. The normalized spacial score (nSPS) is 11.2. The van der Waals surface area contributed by atoms with Crippen LogP contribution in [0.2, 0.25) is 0 Å². The van der Waals surface area contributed by atoms with Gasteiger partial charge < -0.3 is 9.84 Å². The highest BCUT2D eigenvalue weighted by atomic mass is 16.5. The Bertz CT molecular complexity index is 560. The quantitative estimate of drug-likeness (QED) is 0.739. The molecule has 92 valence electrons. The summed E-state index contributed by atoms with van der Waals surface area (Å²) in [6, 6.07) is 0. The first kappa shape index (κ1) is 11.7. The van der Waals surface area contributed by atoms with Crippen LogP contribution in [0.4, 0.5) is 0 Å². The number of aliphatic hydroxyl groups is 1. The molecule has 0 fully saturated rings. The molecule has 0 atom stereocenters. The molecule has 2 aromatic heterocycles. The Morgan fingerprint density at radius 1 is 1.47 bits per heavy atom. The molecule has 2 aromatic rings. The van der Waals surface area contributed by atoms with Crippen molar-refractivity contribution in [3.8, 4) is 0 Å². The van der Waals surface area contributed by atoms with Crippen molar-refractivity contribution in [2.24, 2.45) is 0 Å². The minimum atomic E-state index is -0.142. The fourth-order valence-electron chi connectivity index (χ4n) is 1.60. The van der Waals surface area contributed by atoms with Gasteiger partial charge in [0.15, 0.2) is 5.65 Å². The number of nitrogens with zero attached hydrogens (tertiary/aromatic N) is 4. The first-order valence-corrected chi connectivity index (χ1v) is 5.28. The molecular formula is C10H14N4O3. The van der Waals surface area contributed by atoms with Crippen molar-refractivity contribution in [1.82, 2.24) is 19.3 Å². The van der Waals surface area contributed by atoms with Crippen molar-refractivity contribution in [2.75, 3.05) is 20.3 Å². The number of methoxy groups -OCH3 is 1. The van der Waals surface area contributed by atoms with Crippen LogP contribution in [0.3, 0.4) is 0 Å². The van der Waals surface area contributed by atoms with E-state index in [-0.39, 0.29) is 12.2 Å². The Labute approximate surface area is 97.3 Å². The predicted octanol–water partition coefficient (Wildman–Crippen LogP) is -0.768. The Balaban J connectivity index is 2.43. The lowest BCUT2D eigenvalue weighted by molar-refractivity contribution is 0.186. The lowest BCUT2D eigenvalue weighted by Crippen LogP contribution is -2.22. The fraction of sp³-hybridized carbons (Fsp3) is 0.500. The molecule has 0 saturated carbocycles. The van der Waals surface area contributed by atoms with Gasteiger partial charge in [-0.25, -0.2) is 9.67 Å². The third-order valence-electron chi connectivity index (χ3n) is 2.47. The van der Waals surface area contributed by atoms with Crippen molar-refractivity contribution < 1.29 is 9.84 Å². The average Bonchev–Trinajstić information content (AvgIpc) is 2.73. The lowest BCUT2D eigenvalue weighted by atomic mass is 10.4. The minimum Gasteiger partial charge on any atom is -0.394 e. The van der Waals surface area contributed by atoms with Crippen molar-refractivity contribution in [3.05, 3.63) is 22.9 Å². The zero-order chi connectivity index (χ0) is 12.3. The molecule has 2 heterocycles. The van der Waals surface area contributed by atoms with E-state index in [2.05, 4.69) is 10.1 Å². The maximum absolute atomic E-state index is 12.0. The molecular weight excluding hydrogens is 224 g/mol. The highest BCUT2D eigenvalue weighted by Crippen LogP contribution is 2.04. The molecule has 0 amide bonds. The van der Waals surface area contributed by atoms with Gasteiger partial charge in [-0.2, -0.15) is 5.10 Å². The fourth-order valence-corrected chi connectivity index (χ4v) is 1.60. The second-order valence-corrected chi connectivity index (χ2v) is 3.56. The number of fused-ring (bicyclic) bond motifs is 1. The summed E-state index contributed by atoms with van der Waals surface area (Å²) in [4.78, 5) is 16.2. The predicted molar refractivity (Wildman–Crippen MR) is 60.7 cm³/mol. The summed E-state index contributed by atoms with van der Waals surface area (Å²) in [6.45, 7) is 1.21. The third kappa shape index (κ3) is 2.20. The van der Waals surface area contributed by atoms with Crippen LogP contribution in [0.15, 0.2) is 17.3 Å². The van der Waals surface area contributed by atoms with E-state index in [1.165, 1.54) is 21.8 Å². The topological polar surface area (TPSA) is 82.2 Å². The number of hydrogen-bond donors (Lipinski definition) is 1. The summed E-state index contributed by atoms with van der Waals surface area (Å²) in [5, 5.41) is 13.3. The van der Waals surface area contributed by atoms with Crippen LogP contribution in [-0.4, -0.2) is 44.8 Å². The molecule has 0 aliphatic carbocycles. The second kappa shape index (κ2) is 5.07. The number of hydrogen-bond acceptors (Lipinski definition) is 5. The Kier molecular flexibility index (Phi) is 3.50. The Morgan fingerprint density at radius 3 is 3.00 bits per heavy atom. The molecule has 0 bridgehead atoms. The van der Waals surface area contributed by atoms with Crippen LogP contribution in [0.5, 0.6) is 0 Å². The lowest BCUT2D eigenvalue weighted by Gasteiger charge is -2.04. The zero-order valence-corrected chi connectivity index (χ0v) is 9.54. The van der Waals surface area contributed by atoms with Gasteiger partial charge in [0, 0.05) is 7.11 Å². The molecule has 1 N–H and O–H groups in total. The molecule has 2 rings (SSSR count). The molecule has 0 spiro atoms. The van der Waals surface area contributed by atoms with Gasteiger partial charge in [0.05, 0.1) is 32.5 Å². The molecule has 0 saturated heterocycles. The first-order chi connectivity index (χ1) is 8.27. The maximum atomic E-state index is 12.0. The molecule has 7 heteroatoms. The summed E-state index contributed by atoms with van der Waals surface area (Å²) in [6.07, 6.45) is 2.95. The van der Waals surface area contributed by atoms with Crippen LogP contribution < -0.4 is 5.56 Å². The van der Waals surface area contributed by atoms with Gasteiger partial charge in [-0.05, 0) is 0 Å². The molecule has 0 aliphatic heterocycles. The van der Waals surface area contributed by atoms with E-state index in [1.54, 1.807) is 7.11 Å². The molecule has 7 nitrogen and oxygen atoms in total. The Hall–Kier alpha value is -1.73. The average molecular weight is 238 g/mol. The third-order valence-corrected chi connectivity index (χ3v) is 2.47. The summed E-state index contributed by atoms with van der Waals surface area (Å²) in [5.41, 5.74) is 0.356. The number of aliphatic hydroxyl groups excluding tert-OH is 1. The number of aromatic nitrogens is 4. The van der Waals surface area contributed by atoms with Crippen molar-refractivity contribution >= 4 is 11.0 Å². The summed E-state index contributed by atoms with van der Waals surface area (Å²) in [7, 11) is 1.58. The highest BCUT2D eigenvalue weighted by Gasteiger charge is 2.09. The van der Waals surface area contributed by atoms with Crippen LogP contribution in [0.25, 0.3) is 11.0 Å². The largest absolute Gasteiger partial charge is 0.394 e. The van der Waals surface area contributed by atoms with E-state index in [4.69, 9.17) is 9.84 Å². The van der Waals surface area contributed by atoms with Gasteiger partial charge in [-0.1, -0.05) is 0 Å². The van der Waals surface area contributed by atoms with Crippen molar-refractivity contribution in [1.29, 1.82) is 0 Å². The highest BCUT2D eigenvalue weighted by molar-refractivity contribution is 5.72. The molecule has 0 aliphatic rings. The standard InChI is InChI=1S/C10H14N4O3/c1-17-5-3-13-7-11-9-8(10(13)16)6-12-14(9)2-4-15/h6-7,15H,2-5H2,1H3. The van der Waals surface area contributed by atoms with E-state index < -0.39 is 0 Å². The van der Waals surface area contributed by atoms with E-state index in [0.717, 1.165) is 0 Å². The minimum absolute atomic E-state index is 0.0365. The number of ether oxygens (including phenoxy) is 1. The van der Waals surface area contributed by atoms with Crippen LogP contribution >= 0.6 is 0 Å². The summed E-state index contributed by atoms with van der Waals surface area (Å²) < 4.78 is 7.91. The zero-order valence-electron chi connectivity index (χ0n) is 9.54. The van der Waals surface area contributed by atoms with E-state index >= 15 is 0 Å². The van der Waals surface area contributed by atoms with Gasteiger partial charge in [0.1, 0.15) is 11.7 Å². The van der Waals surface area contributed by atoms with Crippen LogP contribution in [-0.2, 0) is 17.8 Å². The SMILES string of the molecule is COCCn1cnc2c(cnn2CCO)c1=O. The van der Waals surface area contributed by atoms with Crippen LogP contribution in [0.1, 0.15) is 0 Å². The molecule has 0 radical (unpaired) electrons. The van der Waals surface area contributed by atoms with Gasteiger partial charge in [0.25, 0.3) is 5.56 Å². The van der Waals surface area contributed by atoms with E-state index in [9.17, 15) is 4.79 Å². The molecule has 0 aromatic carbocycles. The summed E-state index contributed by atoms with van der Waals surface area (Å²) in [5.74, 6) is 0. The maximum Gasteiger partial charge on any atom is 0.264 e. The smallest absolute Gasteiger partial charge is 0.264 e. The Morgan fingerprint density at radius 2 is 2.29 bits per heavy atom.